The minimum Gasteiger partial charge on any atom is -0.488 e. The third-order valence-electron chi connectivity index (χ3n) is 2.33. The zero-order valence-corrected chi connectivity index (χ0v) is 11.1. The molecule has 1 unspecified atom stereocenters. The zero-order valence-electron chi connectivity index (χ0n) is 11.1. The zero-order chi connectivity index (χ0) is 14.5. The van der Waals surface area contributed by atoms with Gasteiger partial charge in [-0.1, -0.05) is 12.1 Å². The summed E-state index contributed by atoms with van der Waals surface area (Å²) in [7, 11) is 1.18. The number of benzene rings is 1. The fourth-order valence-corrected chi connectivity index (χ4v) is 1.38. The number of methoxy groups -OCH3 is 1. The van der Waals surface area contributed by atoms with Crippen molar-refractivity contribution in [2.24, 2.45) is 0 Å². The molecule has 1 aromatic rings. The molecular formula is C13H17NO5. The molecular weight excluding hydrogens is 250 g/mol. The summed E-state index contributed by atoms with van der Waals surface area (Å²) in [5, 5.41) is 12.4. The Hall–Kier alpha value is -2.08. The largest absolute Gasteiger partial charge is 0.488 e. The summed E-state index contributed by atoms with van der Waals surface area (Å²) in [6.45, 7) is 2.39. The number of hydrogen-bond acceptors (Lipinski definition) is 5. The SMILES string of the molecule is COC(=O)C(C)(O)COc1ccccc1NC(C)=O. The smallest absolute Gasteiger partial charge is 0.341 e. The van der Waals surface area contributed by atoms with Crippen molar-refractivity contribution in [3.8, 4) is 5.75 Å². The number of nitrogens with one attached hydrogen (secondary N) is 1. The fraction of sp³-hybridized carbons (Fsp3) is 0.385. The highest BCUT2D eigenvalue weighted by atomic mass is 16.6. The van der Waals surface area contributed by atoms with Crippen molar-refractivity contribution in [1.82, 2.24) is 0 Å². The van der Waals surface area contributed by atoms with Gasteiger partial charge in [-0.05, 0) is 19.1 Å². The first-order valence-electron chi connectivity index (χ1n) is 5.67. The van der Waals surface area contributed by atoms with Crippen LogP contribution in [0.3, 0.4) is 0 Å². The first-order chi connectivity index (χ1) is 8.86. The molecule has 19 heavy (non-hydrogen) atoms. The van der Waals surface area contributed by atoms with Crippen molar-refractivity contribution in [2.45, 2.75) is 19.4 Å². The minimum atomic E-state index is -1.75. The lowest BCUT2D eigenvalue weighted by Crippen LogP contribution is -2.42. The lowest BCUT2D eigenvalue weighted by molar-refractivity contribution is -0.163. The molecule has 0 saturated carbocycles. The first-order valence-corrected chi connectivity index (χ1v) is 5.67. The maximum absolute atomic E-state index is 11.3. The predicted octanol–water partition coefficient (Wildman–Crippen LogP) is 0.948. The number of rotatable bonds is 5. The second-order valence-electron chi connectivity index (χ2n) is 4.23. The van der Waals surface area contributed by atoms with Crippen LogP contribution in [0.15, 0.2) is 24.3 Å². The Morgan fingerprint density at radius 3 is 2.58 bits per heavy atom. The van der Waals surface area contributed by atoms with Crippen molar-refractivity contribution in [3.63, 3.8) is 0 Å². The molecule has 0 aliphatic heterocycles. The summed E-state index contributed by atoms with van der Waals surface area (Å²) >= 11 is 0. The second kappa shape index (κ2) is 6.19. The predicted molar refractivity (Wildman–Crippen MR) is 68.9 cm³/mol. The third kappa shape index (κ3) is 4.26. The van der Waals surface area contributed by atoms with Crippen LogP contribution in [0.1, 0.15) is 13.8 Å². The van der Waals surface area contributed by atoms with Crippen molar-refractivity contribution in [3.05, 3.63) is 24.3 Å². The van der Waals surface area contributed by atoms with Gasteiger partial charge in [0.05, 0.1) is 12.8 Å². The Bertz CT molecular complexity index is 470. The van der Waals surface area contributed by atoms with Gasteiger partial charge >= 0.3 is 5.97 Å². The lowest BCUT2D eigenvalue weighted by Gasteiger charge is -2.21. The number of hydrogen-bond donors (Lipinski definition) is 2. The summed E-state index contributed by atoms with van der Waals surface area (Å²) < 4.78 is 9.82. The van der Waals surface area contributed by atoms with Crippen LogP contribution >= 0.6 is 0 Å². The second-order valence-corrected chi connectivity index (χ2v) is 4.23. The highest BCUT2D eigenvalue weighted by Crippen LogP contribution is 2.24. The van der Waals surface area contributed by atoms with E-state index >= 15 is 0 Å². The number of para-hydroxylation sites is 2. The highest BCUT2D eigenvalue weighted by molar-refractivity contribution is 5.90. The van der Waals surface area contributed by atoms with E-state index in [4.69, 9.17) is 4.74 Å². The van der Waals surface area contributed by atoms with Crippen molar-refractivity contribution in [1.29, 1.82) is 0 Å². The molecule has 6 heteroatoms. The molecule has 104 valence electrons. The van der Waals surface area contributed by atoms with Gasteiger partial charge < -0.3 is 19.9 Å². The van der Waals surface area contributed by atoms with E-state index in [0.29, 0.717) is 11.4 Å². The number of ether oxygens (including phenoxy) is 2. The molecule has 0 bridgehead atoms. The van der Waals surface area contributed by atoms with Crippen molar-refractivity contribution >= 4 is 17.6 Å². The van der Waals surface area contributed by atoms with Gasteiger partial charge in [-0.2, -0.15) is 0 Å². The van der Waals surface area contributed by atoms with Gasteiger partial charge in [0.2, 0.25) is 5.91 Å². The molecule has 1 amide bonds. The summed E-state index contributed by atoms with van der Waals surface area (Å²) in [5.41, 5.74) is -1.28. The summed E-state index contributed by atoms with van der Waals surface area (Å²) in [6, 6.07) is 6.73. The lowest BCUT2D eigenvalue weighted by atomic mass is 10.1. The van der Waals surface area contributed by atoms with Crippen LogP contribution in [0.5, 0.6) is 5.75 Å². The minimum absolute atomic E-state index is 0.240. The third-order valence-corrected chi connectivity index (χ3v) is 2.33. The van der Waals surface area contributed by atoms with E-state index in [1.165, 1.54) is 21.0 Å². The van der Waals surface area contributed by atoms with Crippen LogP contribution in [0.25, 0.3) is 0 Å². The maximum atomic E-state index is 11.3. The van der Waals surface area contributed by atoms with Gasteiger partial charge in [-0.25, -0.2) is 4.79 Å². The summed E-state index contributed by atoms with van der Waals surface area (Å²) in [5.74, 6) is -0.665. The Balaban J connectivity index is 2.77. The quantitative estimate of drug-likeness (QED) is 0.776. The standard InChI is InChI=1S/C13H17NO5/c1-9(15)14-10-6-4-5-7-11(10)19-8-13(2,17)12(16)18-3/h4-7,17H,8H2,1-3H3,(H,14,15). The normalized spacial score (nSPS) is 13.3. The van der Waals surface area contributed by atoms with E-state index in [2.05, 4.69) is 10.1 Å². The number of anilines is 1. The molecule has 0 fully saturated rings. The van der Waals surface area contributed by atoms with E-state index in [9.17, 15) is 14.7 Å². The molecule has 0 aliphatic rings. The average Bonchev–Trinajstić information content (AvgIpc) is 2.36. The topological polar surface area (TPSA) is 84.9 Å². The van der Waals surface area contributed by atoms with E-state index in [-0.39, 0.29) is 12.5 Å². The molecule has 1 rings (SSSR count). The van der Waals surface area contributed by atoms with Crippen LogP contribution in [-0.4, -0.2) is 36.3 Å². The van der Waals surface area contributed by atoms with Crippen molar-refractivity contribution < 1.29 is 24.2 Å². The molecule has 0 aliphatic carbocycles. The summed E-state index contributed by atoms with van der Waals surface area (Å²) in [6.07, 6.45) is 0. The monoisotopic (exact) mass is 267 g/mol. The molecule has 1 aromatic carbocycles. The molecule has 0 radical (unpaired) electrons. The molecule has 0 spiro atoms. The van der Waals surface area contributed by atoms with Gasteiger partial charge in [0, 0.05) is 6.92 Å². The Kier molecular flexibility index (Phi) is 4.88. The van der Waals surface area contributed by atoms with Crippen LogP contribution in [-0.2, 0) is 14.3 Å². The average molecular weight is 267 g/mol. The molecule has 0 aromatic heterocycles. The fourth-order valence-electron chi connectivity index (χ4n) is 1.38. The maximum Gasteiger partial charge on any atom is 0.341 e. The first kappa shape index (κ1) is 15.0. The van der Waals surface area contributed by atoms with Crippen LogP contribution in [0, 0.1) is 0 Å². The van der Waals surface area contributed by atoms with E-state index < -0.39 is 11.6 Å². The Morgan fingerprint density at radius 1 is 1.37 bits per heavy atom. The van der Waals surface area contributed by atoms with Gasteiger partial charge in [-0.15, -0.1) is 0 Å². The van der Waals surface area contributed by atoms with Crippen molar-refractivity contribution in [2.75, 3.05) is 19.0 Å². The van der Waals surface area contributed by atoms with Gasteiger partial charge in [0.15, 0.2) is 5.60 Å². The number of aliphatic hydroxyl groups is 1. The molecule has 0 saturated heterocycles. The Morgan fingerprint density at radius 2 is 2.00 bits per heavy atom. The van der Waals surface area contributed by atoms with Crippen LogP contribution in [0.2, 0.25) is 0 Å². The molecule has 2 N–H and O–H groups in total. The van der Waals surface area contributed by atoms with Crippen LogP contribution in [0.4, 0.5) is 5.69 Å². The summed E-state index contributed by atoms with van der Waals surface area (Å²) in [4.78, 5) is 22.3. The Labute approximate surface area is 111 Å². The van der Waals surface area contributed by atoms with E-state index in [1.54, 1.807) is 24.3 Å². The number of carbonyl (C=O) groups excluding carboxylic acids is 2. The van der Waals surface area contributed by atoms with Gasteiger partial charge in [0.25, 0.3) is 0 Å². The molecule has 1 atom stereocenters. The molecule has 6 nitrogen and oxygen atoms in total. The number of amides is 1. The highest BCUT2D eigenvalue weighted by Gasteiger charge is 2.32. The van der Waals surface area contributed by atoms with Gasteiger partial charge in [0.1, 0.15) is 12.4 Å². The van der Waals surface area contributed by atoms with E-state index in [1.807, 2.05) is 0 Å². The molecule has 0 heterocycles. The number of carbonyl (C=O) groups is 2. The van der Waals surface area contributed by atoms with Gasteiger partial charge in [-0.3, -0.25) is 4.79 Å². The van der Waals surface area contributed by atoms with Crippen LogP contribution < -0.4 is 10.1 Å². The van der Waals surface area contributed by atoms with E-state index in [0.717, 1.165) is 0 Å². The number of esters is 1.